The molecule has 3 amide bonds. The van der Waals surface area contributed by atoms with Crippen LogP contribution in [0.1, 0.15) is 79.4 Å². The number of hydrogen-bond donors (Lipinski definition) is 3. The van der Waals surface area contributed by atoms with E-state index in [0.717, 1.165) is 31.4 Å². The number of rotatable bonds is 12. The van der Waals surface area contributed by atoms with Crippen LogP contribution in [0.25, 0.3) is 0 Å². The Morgan fingerprint density at radius 3 is 1.98 bits per heavy atom. The molecule has 4 atom stereocenters. The summed E-state index contributed by atoms with van der Waals surface area (Å²) in [5.41, 5.74) is 1.20. The molecule has 0 spiro atoms. The highest BCUT2D eigenvalue weighted by Crippen LogP contribution is 2.21. The van der Waals surface area contributed by atoms with Crippen molar-refractivity contribution >= 4 is 17.7 Å². The monoisotopic (exact) mass is 620 g/mol. The normalized spacial score (nSPS) is 17.6. The predicted octanol–water partition coefficient (Wildman–Crippen LogP) is 5.36. The highest BCUT2D eigenvalue weighted by atomic mass is 16.3. The molecule has 1 heterocycles. The lowest BCUT2D eigenvalue weighted by Gasteiger charge is -2.39. The van der Waals surface area contributed by atoms with Crippen molar-refractivity contribution < 1.29 is 19.5 Å². The molecule has 45 heavy (non-hydrogen) atoms. The van der Waals surface area contributed by atoms with Gasteiger partial charge in [0.2, 0.25) is 17.7 Å². The van der Waals surface area contributed by atoms with Gasteiger partial charge in [0.15, 0.2) is 0 Å². The Morgan fingerprint density at radius 2 is 1.47 bits per heavy atom. The van der Waals surface area contributed by atoms with E-state index in [4.69, 9.17) is 0 Å². The van der Waals surface area contributed by atoms with Crippen molar-refractivity contribution in [3.05, 3.63) is 83.9 Å². The lowest BCUT2D eigenvalue weighted by Crippen LogP contribution is -2.58. The van der Waals surface area contributed by atoms with E-state index in [-0.39, 0.29) is 54.2 Å². The Morgan fingerprint density at radius 1 is 0.911 bits per heavy atom. The summed E-state index contributed by atoms with van der Waals surface area (Å²) < 4.78 is 0. The zero-order valence-electron chi connectivity index (χ0n) is 28.6. The molecule has 248 valence electrons. The van der Waals surface area contributed by atoms with Gasteiger partial charge in [-0.25, -0.2) is 0 Å². The number of carbonyl (C=O) groups is 3. The quantitative estimate of drug-likeness (QED) is 0.278. The van der Waals surface area contributed by atoms with Gasteiger partial charge < -0.3 is 20.6 Å². The molecule has 2 aromatic rings. The maximum Gasteiger partial charge on any atom is 0.246 e. The summed E-state index contributed by atoms with van der Waals surface area (Å²) in [5, 5.41) is 16.2. The summed E-state index contributed by atoms with van der Waals surface area (Å²) in [6.07, 6.45) is 3.87. The smallest absolute Gasteiger partial charge is 0.246 e. The van der Waals surface area contributed by atoms with Gasteiger partial charge in [0.1, 0.15) is 6.04 Å². The Bertz CT molecular complexity index is 1170. The van der Waals surface area contributed by atoms with Crippen LogP contribution in [-0.2, 0) is 14.4 Å². The van der Waals surface area contributed by atoms with Gasteiger partial charge in [-0.2, -0.15) is 0 Å². The molecule has 0 aliphatic carbocycles. The number of likely N-dealkylation sites (N-methyl/N-ethyl adjacent to an activating group) is 1. The fourth-order valence-corrected chi connectivity index (χ4v) is 5.57. The molecular weight excluding hydrogens is 564 g/mol. The number of aliphatic hydroxyl groups is 1. The second-order valence-electron chi connectivity index (χ2n) is 12.9. The van der Waals surface area contributed by atoms with E-state index in [0.29, 0.717) is 5.57 Å². The van der Waals surface area contributed by atoms with Crippen LogP contribution in [0.15, 0.2) is 78.4 Å². The summed E-state index contributed by atoms with van der Waals surface area (Å²) in [6.45, 7) is 14.8. The number of aliphatic hydroxyl groups excluding tert-OH is 1. The van der Waals surface area contributed by atoms with Gasteiger partial charge in [0.25, 0.3) is 0 Å². The maximum absolute atomic E-state index is 13.7. The lowest BCUT2D eigenvalue weighted by atomic mass is 9.95. The average Bonchev–Trinajstić information content (AvgIpc) is 3.05. The number of carbonyl (C=O) groups excluding carboxylic acids is 3. The number of nitrogens with zero attached hydrogens (tertiary/aromatic N) is 2. The number of amides is 3. The largest absolute Gasteiger partial charge is 0.387 e. The molecule has 3 N–H and O–H groups in total. The lowest BCUT2D eigenvalue weighted by molar-refractivity contribution is -0.140. The molecule has 1 saturated heterocycles. The molecule has 0 radical (unpaired) electrons. The third-order valence-electron chi connectivity index (χ3n) is 8.30. The first-order valence-electron chi connectivity index (χ1n) is 16.4. The van der Waals surface area contributed by atoms with Crippen molar-refractivity contribution in [2.24, 2.45) is 11.8 Å². The van der Waals surface area contributed by atoms with Crippen LogP contribution in [0.3, 0.4) is 0 Å². The third kappa shape index (κ3) is 12.1. The number of piperidine rings is 1. The first-order valence-corrected chi connectivity index (χ1v) is 16.4. The SMILES string of the molecule is C/C(=C\[C@H](C(C)C)N(C)C(=O)[C@@H](NC(=O)[C@H]1CCCCN1C(C)C)C(C)C)C(=O)NC[C@H](O)c1ccccc1.c1ccccc1. The molecule has 0 bridgehead atoms. The van der Waals surface area contributed by atoms with Crippen molar-refractivity contribution in [1.82, 2.24) is 20.4 Å². The molecule has 0 unspecified atom stereocenters. The molecule has 1 fully saturated rings. The minimum atomic E-state index is -0.806. The van der Waals surface area contributed by atoms with Crippen LogP contribution >= 0.6 is 0 Å². The van der Waals surface area contributed by atoms with Gasteiger partial charge in [-0.1, -0.05) is 107 Å². The topological polar surface area (TPSA) is 102 Å². The molecule has 0 aromatic heterocycles. The van der Waals surface area contributed by atoms with Gasteiger partial charge in [0, 0.05) is 25.2 Å². The Hall–Kier alpha value is -3.49. The van der Waals surface area contributed by atoms with Crippen LogP contribution in [-0.4, -0.2) is 76.9 Å². The van der Waals surface area contributed by atoms with Crippen molar-refractivity contribution in [3.63, 3.8) is 0 Å². The number of likely N-dealkylation sites (tertiary alicyclic amines) is 1. The van der Waals surface area contributed by atoms with E-state index in [1.807, 2.05) is 94.4 Å². The molecule has 8 nitrogen and oxygen atoms in total. The van der Waals surface area contributed by atoms with Crippen LogP contribution in [0.5, 0.6) is 0 Å². The van der Waals surface area contributed by atoms with Crippen molar-refractivity contribution in [1.29, 1.82) is 0 Å². The molecular formula is C37H56N4O4. The standard InChI is InChI=1S/C31H50N4O4.C6H6/c1-20(2)26(18-23(7)29(37)32-19-27(36)24-14-10-9-11-15-24)34(8)31(39)28(21(3)4)33-30(38)25-16-12-13-17-35(25)22(5)6;1-2-4-6-5-3-1/h9-11,14-15,18,20-22,25-28,36H,12-13,16-17,19H2,1-8H3,(H,32,37)(H,33,38);1-6H/b23-18+;/t25-,26-,27+,28+;/m1./s1. The second-order valence-corrected chi connectivity index (χ2v) is 12.9. The van der Waals surface area contributed by atoms with Crippen molar-refractivity contribution in [3.8, 4) is 0 Å². The first-order chi connectivity index (χ1) is 21.3. The van der Waals surface area contributed by atoms with E-state index in [1.54, 1.807) is 24.9 Å². The zero-order chi connectivity index (χ0) is 33.5. The van der Waals surface area contributed by atoms with E-state index in [2.05, 4.69) is 29.4 Å². The van der Waals surface area contributed by atoms with Crippen molar-refractivity contribution in [2.45, 2.75) is 98.0 Å². The summed E-state index contributed by atoms with van der Waals surface area (Å²) in [7, 11) is 1.73. The number of hydrogen-bond acceptors (Lipinski definition) is 5. The second kappa shape index (κ2) is 19.1. The summed E-state index contributed by atoms with van der Waals surface area (Å²) in [5.74, 6) is -0.618. The Labute approximate surface area is 271 Å². The maximum atomic E-state index is 13.7. The molecule has 2 aromatic carbocycles. The predicted molar refractivity (Wildman–Crippen MR) is 182 cm³/mol. The summed E-state index contributed by atoms with van der Waals surface area (Å²) in [6, 6.07) is 20.2. The third-order valence-corrected chi connectivity index (χ3v) is 8.30. The highest BCUT2D eigenvalue weighted by Gasteiger charge is 2.36. The minimum absolute atomic E-state index is 0.0369. The van der Waals surface area contributed by atoms with E-state index >= 15 is 0 Å². The average molecular weight is 621 g/mol. The van der Waals surface area contributed by atoms with Gasteiger partial charge in [-0.05, 0) is 57.6 Å². The highest BCUT2D eigenvalue weighted by molar-refractivity contribution is 5.93. The zero-order valence-corrected chi connectivity index (χ0v) is 28.6. The molecule has 1 aliphatic rings. The van der Waals surface area contributed by atoms with Crippen LogP contribution < -0.4 is 10.6 Å². The van der Waals surface area contributed by atoms with Gasteiger partial charge >= 0.3 is 0 Å². The molecule has 1 aliphatic heterocycles. The van der Waals surface area contributed by atoms with Crippen molar-refractivity contribution in [2.75, 3.05) is 20.1 Å². The van der Waals surface area contributed by atoms with Crippen LogP contribution in [0, 0.1) is 11.8 Å². The number of nitrogens with one attached hydrogen (secondary N) is 2. The van der Waals surface area contributed by atoms with E-state index < -0.39 is 12.1 Å². The van der Waals surface area contributed by atoms with Gasteiger partial charge in [-0.15, -0.1) is 0 Å². The van der Waals surface area contributed by atoms with Gasteiger partial charge in [0.05, 0.1) is 18.2 Å². The number of benzene rings is 2. The van der Waals surface area contributed by atoms with Gasteiger partial charge in [-0.3, -0.25) is 19.3 Å². The van der Waals surface area contributed by atoms with Crippen LogP contribution in [0.4, 0.5) is 0 Å². The minimum Gasteiger partial charge on any atom is -0.387 e. The first kappa shape index (κ1) is 37.7. The van der Waals surface area contributed by atoms with Crippen LogP contribution in [0.2, 0.25) is 0 Å². The Balaban J connectivity index is 0.00000105. The Kier molecular flexibility index (Phi) is 16.0. The fraction of sp³-hybridized carbons (Fsp3) is 0.541. The fourth-order valence-electron chi connectivity index (χ4n) is 5.57. The van der Waals surface area contributed by atoms with E-state index in [1.165, 1.54) is 0 Å². The summed E-state index contributed by atoms with van der Waals surface area (Å²) in [4.78, 5) is 43.8. The summed E-state index contributed by atoms with van der Waals surface area (Å²) >= 11 is 0. The molecule has 8 heteroatoms. The molecule has 3 rings (SSSR count). The molecule has 0 saturated carbocycles. The van der Waals surface area contributed by atoms with E-state index in [9.17, 15) is 19.5 Å².